The lowest BCUT2D eigenvalue weighted by Gasteiger charge is -2.09. The van der Waals surface area contributed by atoms with Gasteiger partial charge in [0.15, 0.2) is 0 Å². The van der Waals surface area contributed by atoms with Crippen LogP contribution in [0.3, 0.4) is 0 Å². The number of aromatic nitrogens is 2. The molecule has 0 saturated heterocycles. The summed E-state index contributed by atoms with van der Waals surface area (Å²) in [5.41, 5.74) is 3.48. The number of nitrogens with one attached hydrogen (secondary N) is 2. The third-order valence-corrected chi connectivity index (χ3v) is 2.62. The summed E-state index contributed by atoms with van der Waals surface area (Å²) in [5, 5.41) is 3.16. The molecular weight excluding hydrogens is 245 g/mol. The summed E-state index contributed by atoms with van der Waals surface area (Å²) in [5.74, 6) is 7.07. The number of hydrogen-bond donors (Lipinski definition) is 3. The molecule has 0 unspecified atom stereocenters. The van der Waals surface area contributed by atoms with Gasteiger partial charge in [-0.1, -0.05) is 19.1 Å². The molecule has 0 atom stereocenters. The molecule has 0 radical (unpaired) electrons. The molecule has 0 bridgehead atoms. The predicted molar refractivity (Wildman–Crippen MR) is 72.9 cm³/mol. The van der Waals surface area contributed by atoms with Crippen LogP contribution < -0.4 is 16.6 Å². The number of hydrogen-bond acceptors (Lipinski definition) is 5. The van der Waals surface area contributed by atoms with Gasteiger partial charge < -0.3 is 10.7 Å². The molecule has 1 heterocycles. The minimum absolute atomic E-state index is 0.242. The normalized spacial score (nSPS) is 10.3. The van der Waals surface area contributed by atoms with Gasteiger partial charge in [0.1, 0.15) is 23.3 Å². The molecule has 0 saturated carbocycles. The van der Waals surface area contributed by atoms with Crippen molar-refractivity contribution in [3.05, 3.63) is 47.5 Å². The zero-order valence-electron chi connectivity index (χ0n) is 10.7. The van der Waals surface area contributed by atoms with Gasteiger partial charge in [-0.05, 0) is 17.7 Å². The first kappa shape index (κ1) is 13.2. The first-order valence-corrected chi connectivity index (χ1v) is 6.04. The highest BCUT2D eigenvalue weighted by atomic mass is 19.1. The van der Waals surface area contributed by atoms with E-state index >= 15 is 0 Å². The lowest BCUT2D eigenvalue weighted by Crippen LogP contribution is -2.12. The molecule has 2 rings (SSSR count). The summed E-state index contributed by atoms with van der Waals surface area (Å²) in [6.45, 7) is 2.53. The summed E-state index contributed by atoms with van der Waals surface area (Å²) in [6, 6.07) is 8.05. The summed E-state index contributed by atoms with van der Waals surface area (Å²) in [6.07, 6.45) is 0.723. The van der Waals surface area contributed by atoms with Crippen molar-refractivity contribution in [2.45, 2.75) is 19.9 Å². The first-order valence-electron chi connectivity index (χ1n) is 6.04. The number of rotatable bonds is 5. The Kier molecular flexibility index (Phi) is 4.25. The van der Waals surface area contributed by atoms with Crippen molar-refractivity contribution in [3.8, 4) is 0 Å². The number of hydrazine groups is 1. The molecule has 0 spiro atoms. The van der Waals surface area contributed by atoms with E-state index in [-0.39, 0.29) is 5.82 Å². The van der Waals surface area contributed by atoms with Crippen molar-refractivity contribution >= 4 is 11.6 Å². The summed E-state index contributed by atoms with van der Waals surface area (Å²) >= 11 is 0. The van der Waals surface area contributed by atoms with E-state index in [0.29, 0.717) is 24.0 Å². The van der Waals surface area contributed by atoms with Crippen LogP contribution in [0.4, 0.5) is 16.0 Å². The van der Waals surface area contributed by atoms with Gasteiger partial charge in [0, 0.05) is 19.0 Å². The number of aryl methyl sites for hydroxylation is 1. The highest BCUT2D eigenvalue weighted by molar-refractivity contribution is 5.47. The minimum atomic E-state index is -0.242. The second kappa shape index (κ2) is 6.10. The van der Waals surface area contributed by atoms with E-state index < -0.39 is 0 Å². The Morgan fingerprint density at radius 2 is 1.84 bits per heavy atom. The van der Waals surface area contributed by atoms with Gasteiger partial charge in [-0.3, -0.25) is 0 Å². The van der Waals surface area contributed by atoms with E-state index in [2.05, 4.69) is 20.7 Å². The molecular formula is C13H16FN5. The third-order valence-electron chi connectivity index (χ3n) is 2.62. The fourth-order valence-electron chi connectivity index (χ4n) is 1.61. The highest BCUT2D eigenvalue weighted by Crippen LogP contribution is 2.12. The molecule has 2 aromatic rings. The molecule has 100 valence electrons. The second-order valence-corrected chi connectivity index (χ2v) is 4.03. The zero-order chi connectivity index (χ0) is 13.7. The Morgan fingerprint density at radius 3 is 2.47 bits per heavy atom. The van der Waals surface area contributed by atoms with Crippen molar-refractivity contribution in [3.63, 3.8) is 0 Å². The average Bonchev–Trinajstić information content (AvgIpc) is 2.46. The lowest BCUT2D eigenvalue weighted by atomic mass is 10.2. The highest BCUT2D eigenvalue weighted by Gasteiger charge is 2.02. The largest absolute Gasteiger partial charge is 0.366 e. The predicted octanol–water partition coefficient (Wildman–Crippen LogP) is 2.08. The van der Waals surface area contributed by atoms with Gasteiger partial charge >= 0.3 is 0 Å². The van der Waals surface area contributed by atoms with Gasteiger partial charge in [-0.15, -0.1) is 0 Å². The second-order valence-electron chi connectivity index (χ2n) is 4.03. The van der Waals surface area contributed by atoms with Gasteiger partial charge in [0.2, 0.25) is 0 Å². The smallest absolute Gasteiger partial charge is 0.145 e. The third kappa shape index (κ3) is 3.62. The van der Waals surface area contributed by atoms with Crippen LogP contribution in [0.2, 0.25) is 0 Å². The van der Waals surface area contributed by atoms with Crippen molar-refractivity contribution in [1.29, 1.82) is 0 Å². The molecule has 5 nitrogen and oxygen atoms in total. The Bertz CT molecular complexity index is 519. The molecule has 1 aromatic heterocycles. The molecule has 0 aliphatic rings. The Balaban J connectivity index is 2.08. The van der Waals surface area contributed by atoms with Gasteiger partial charge in [-0.2, -0.15) is 0 Å². The van der Waals surface area contributed by atoms with E-state index in [0.717, 1.165) is 12.0 Å². The average molecular weight is 261 g/mol. The summed E-state index contributed by atoms with van der Waals surface area (Å²) in [4.78, 5) is 8.54. The topological polar surface area (TPSA) is 75.9 Å². The van der Waals surface area contributed by atoms with Gasteiger partial charge in [-0.25, -0.2) is 20.2 Å². The van der Waals surface area contributed by atoms with E-state index in [1.165, 1.54) is 12.1 Å². The standard InChI is InChI=1S/C13H16FN5/c1-2-11-17-12(7-13(18-11)19-15)16-8-9-3-5-10(14)6-4-9/h3-7H,2,8,15H2,1H3,(H2,16,17,18,19). The Morgan fingerprint density at radius 1 is 1.16 bits per heavy atom. The van der Waals surface area contributed by atoms with Crippen LogP contribution in [-0.2, 0) is 13.0 Å². The SMILES string of the molecule is CCc1nc(NN)cc(NCc2ccc(F)cc2)n1. The molecule has 0 amide bonds. The monoisotopic (exact) mass is 261 g/mol. The van der Waals surface area contributed by atoms with Crippen LogP contribution in [-0.4, -0.2) is 9.97 Å². The van der Waals surface area contributed by atoms with Gasteiger partial charge in [0.25, 0.3) is 0 Å². The number of nitrogen functional groups attached to an aromatic ring is 1. The number of anilines is 2. The fourth-order valence-corrected chi connectivity index (χ4v) is 1.61. The maximum absolute atomic E-state index is 12.8. The molecule has 0 aliphatic carbocycles. The van der Waals surface area contributed by atoms with Crippen molar-refractivity contribution < 1.29 is 4.39 Å². The van der Waals surface area contributed by atoms with E-state index in [1.807, 2.05) is 6.92 Å². The van der Waals surface area contributed by atoms with E-state index in [4.69, 9.17) is 5.84 Å². The molecule has 0 fully saturated rings. The molecule has 0 aliphatic heterocycles. The van der Waals surface area contributed by atoms with Crippen LogP contribution >= 0.6 is 0 Å². The summed E-state index contributed by atoms with van der Waals surface area (Å²) in [7, 11) is 0. The van der Waals surface area contributed by atoms with Crippen LogP contribution in [0, 0.1) is 5.82 Å². The number of nitrogens with two attached hydrogens (primary N) is 1. The maximum Gasteiger partial charge on any atom is 0.145 e. The Labute approximate surface area is 111 Å². The number of benzene rings is 1. The minimum Gasteiger partial charge on any atom is -0.366 e. The fraction of sp³-hybridized carbons (Fsp3) is 0.231. The van der Waals surface area contributed by atoms with Crippen LogP contribution in [0.25, 0.3) is 0 Å². The molecule has 6 heteroatoms. The van der Waals surface area contributed by atoms with Crippen molar-refractivity contribution in [2.75, 3.05) is 10.7 Å². The molecule has 1 aromatic carbocycles. The quantitative estimate of drug-likeness (QED) is 0.567. The van der Waals surface area contributed by atoms with Crippen LogP contribution in [0.15, 0.2) is 30.3 Å². The van der Waals surface area contributed by atoms with Crippen molar-refractivity contribution in [2.24, 2.45) is 5.84 Å². The Hall–Kier alpha value is -2.21. The van der Waals surface area contributed by atoms with Gasteiger partial charge in [0.05, 0.1) is 0 Å². The van der Waals surface area contributed by atoms with E-state index in [9.17, 15) is 4.39 Å². The lowest BCUT2D eigenvalue weighted by molar-refractivity contribution is 0.627. The molecule has 4 N–H and O–H groups in total. The number of halogens is 1. The number of nitrogens with zero attached hydrogens (tertiary/aromatic N) is 2. The van der Waals surface area contributed by atoms with E-state index in [1.54, 1.807) is 18.2 Å². The van der Waals surface area contributed by atoms with Crippen LogP contribution in [0.1, 0.15) is 18.3 Å². The summed E-state index contributed by atoms with van der Waals surface area (Å²) < 4.78 is 12.8. The van der Waals surface area contributed by atoms with Crippen LogP contribution in [0.5, 0.6) is 0 Å². The zero-order valence-corrected chi connectivity index (χ0v) is 10.7. The first-order chi connectivity index (χ1) is 9.21. The molecule has 19 heavy (non-hydrogen) atoms. The maximum atomic E-state index is 12.8. The van der Waals surface area contributed by atoms with Crippen molar-refractivity contribution in [1.82, 2.24) is 9.97 Å².